The van der Waals surface area contributed by atoms with Crippen molar-refractivity contribution >= 4 is 27.2 Å². The van der Waals surface area contributed by atoms with Crippen LogP contribution in [0.15, 0.2) is 17.3 Å². The summed E-state index contributed by atoms with van der Waals surface area (Å²) in [5.74, 6) is 0.569. The van der Waals surface area contributed by atoms with Crippen molar-refractivity contribution in [2.75, 3.05) is 0 Å². The standard InChI is InChI=1S/C11H18N4O2S2/c1-8-2-5-11(6-3-8,10(12)18)15-19(16,17)9-4-7-13-14-9/h4,7-8,15H,2-3,5-6H2,1H3,(H2,12,18)(H,13,14). The second-order valence-electron chi connectivity index (χ2n) is 5.16. The molecule has 8 heteroatoms. The monoisotopic (exact) mass is 302 g/mol. The van der Waals surface area contributed by atoms with Crippen molar-refractivity contribution < 1.29 is 8.42 Å². The number of hydrogen-bond donors (Lipinski definition) is 3. The molecule has 0 saturated heterocycles. The summed E-state index contributed by atoms with van der Waals surface area (Å²) in [6.45, 7) is 2.15. The van der Waals surface area contributed by atoms with Gasteiger partial charge in [-0.05, 0) is 37.7 Å². The van der Waals surface area contributed by atoms with E-state index in [1.54, 1.807) is 0 Å². The molecule has 1 aliphatic carbocycles. The van der Waals surface area contributed by atoms with Gasteiger partial charge in [-0.25, -0.2) is 8.42 Å². The molecule has 1 aliphatic rings. The van der Waals surface area contributed by atoms with E-state index in [0.29, 0.717) is 18.8 Å². The van der Waals surface area contributed by atoms with Gasteiger partial charge in [0.05, 0.1) is 16.7 Å². The number of aromatic amines is 1. The maximum absolute atomic E-state index is 12.3. The van der Waals surface area contributed by atoms with Crippen LogP contribution in [0.1, 0.15) is 32.6 Å². The zero-order chi connectivity index (χ0) is 14.1. The molecular formula is C11H18N4O2S2. The first-order chi connectivity index (χ1) is 8.86. The molecule has 0 aromatic carbocycles. The van der Waals surface area contributed by atoms with E-state index in [1.807, 2.05) is 0 Å². The molecule has 0 unspecified atom stereocenters. The Kier molecular flexibility index (Phi) is 3.93. The maximum Gasteiger partial charge on any atom is 0.258 e. The predicted molar refractivity (Wildman–Crippen MR) is 76.1 cm³/mol. The van der Waals surface area contributed by atoms with Gasteiger partial charge in [0.15, 0.2) is 5.03 Å². The quantitative estimate of drug-likeness (QED) is 0.718. The lowest BCUT2D eigenvalue weighted by Gasteiger charge is -2.38. The van der Waals surface area contributed by atoms with Crippen LogP contribution in [0.5, 0.6) is 0 Å². The third kappa shape index (κ3) is 2.96. The molecule has 0 bridgehead atoms. The lowest BCUT2D eigenvalue weighted by Crippen LogP contribution is -2.58. The van der Waals surface area contributed by atoms with Crippen molar-refractivity contribution in [1.82, 2.24) is 14.9 Å². The number of nitrogens with two attached hydrogens (primary N) is 1. The minimum atomic E-state index is -3.67. The summed E-state index contributed by atoms with van der Waals surface area (Å²) in [5, 5.41) is 6.13. The second kappa shape index (κ2) is 5.18. The van der Waals surface area contributed by atoms with Gasteiger partial charge in [0.1, 0.15) is 0 Å². The Bertz CT molecular complexity index is 545. The molecule has 0 spiro atoms. The van der Waals surface area contributed by atoms with Crippen molar-refractivity contribution in [2.24, 2.45) is 11.7 Å². The topological polar surface area (TPSA) is 101 Å². The van der Waals surface area contributed by atoms with Gasteiger partial charge >= 0.3 is 0 Å². The number of thiocarbonyl (C=S) groups is 1. The fourth-order valence-corrected chi connectivity index (χ4v) is 4.03. The normalized spacial score (nSPS) is 28.2. The summed E-state index contributed by atoms with van der Waals surface area (Å²) < 4.78 is 27.2. The van der Waals surface area contributed by atoms with Crippen molar-refractivity contribution in [3.63, 3.8) is 0 Å². The van der Waals surface area contributed by atoms with Gasteiger partial charge in [0.2, 0.25) is 0 Å². The molecule has 0 radical (unpaired) electrons. The van der Waals surface area contributed by atoms with Gasteiger partial charge < -0.3 is 5.73 Å². The van der Waals surface area contributed by atoms with E-state index >= 15 is 0 Å². The van der Waals surface area contributed by atoms with Gasteiger partial charge in [-0.15, -0.1) is 0 Å². The molecule has 1 aromatic heterocycles. The predicted octanol–water partition coefficient (Wildman–Crippen LogP) is 0.923. The molecule has 2 rings (SSSR count). The van der Waals surface area contributed by atoms with E-state index in [9.17, 15) is 8.42 Å². The molecule has 1 fully saturated rings. The highest BCUT2D eigenvalue weighted by molar-refractivity contribution is 7.89. The van der Waals surface area contributed by atoms with Crippen LogP contribution in [-0.2, 0) is 10.0 Å². The van der Waals surface area contributed by atoms with Gasteiger partial charge in [0, 0.05) is 0 Å². The first-order valence-corrected chi connectivity index (χ1v) is 8.08. The molecule has 0 atom stereocenters. The van der Waals surface area contributed by atoms with Crippen LogP contribution in [0.25, 0.3) is 0 Å². The SMILES string of the molecule is CC1CCC(NS(=O)(=O)c2ccn[nH]2)(C(N)=S)CC1. The zero-order valence-electron chi connectivity index (χ0n) is 10.7. The van der Waals surface area contributed by atoms with Crippen LogP contribution in [0, 0.1) is 5.92 Å². The number of nitrogens with zero attached hydrogens (tertiary/aromatic N) is 1. The Labute approximate surface area is 118 Å². The third-order valence-corrected chi connectivity index (χ3v) is 5.55. The highest BCUT2D eigenvalue weighted by Gasteiger charge is 2.40. The third-order valence-electron chi connectivity index (χ3n) is 3.69. The highest BCUT2D eigenvalue weighted by atomic mass is 32.2. The molecule has 4 N–H and O–H groups in total. The van der Waals surface area contributed by atoms with E-state index in [-0.39, 0.29) is 10.0 Å². The van der Waals surface area contributed by atoms with Gasteiger partial charge in [0.25, 0.3) is 10.0 Å². The summed E-state index contributed by atoms with van der Waals surface area (Å²) in [5.41, 5.74) is 4.97. The largest absolute Gasteiger partial charge is 0.392 e. The lowest BCUT2D eigenvalue weighted by atomic mass is 9.78. The van der Waals surface area contributed by atoms with Crippen molar-refractivity contribution in [1.29, 1.82) is 0 Å². The number of sulfonamides is 1. The van der Waals surface area contributed by atoms with Gasteiger partial charge in [-0.1, -0.05) is 19.1 Å². The van der Waals surface area contributed by atoms with Crippen LogP contribution in [0.4, 0.5) is 0 Å². The van der Waals surface area contributed by atoms with Crippen LogP contribution < -0.4 is 10.5 Å². The number of hydrogen-bond acceptors (Lipinski definition) is 4. The van der Waals surface area contributed by atoms with Crippen LogP contribution in [-0.4, -0.2) is 29.1 Å². The molecule has 0 amide bonds. The average molecular weight is 302 g/mol. The van der Waals surface area contributed by atoms with E-state index in [0.717, 1.165) is 12.8 Å². The summed E-state index contributed by atoms with van der Waals surface area (Å²) in [6, 6.07) is 1.40. The smallest absolute Gasteiger partial charge is 0.258 e. The lowest BCUT2D eigenvalue weighted by molar-refractivity contribution is 0.289. The van der Waals surface area contributed by atoms with Gasteiger partial charge in [-0.2, -0.15) is 9.82 Å². The maximum atomic E-state index is 12.3. The fraction of sp³-hybridized carbons (Fsp3) is 0.636. The van der Waals surface area contributed by atoms with Crippen molar-refractivity contribution in [3.8, 4) is 0 Å². The molecule has 19 heavy (non-hydrogen) atoms. The van der Waals surface area contributed by atoms with E-state index in [1.165, 1.54) is 12.3 Å². The van der Waals surface area contributed by atoms with E-state index < -0.39 is 15.6 Å². The Hall–Kier alpha value is -0.990. The number of rotatable bonds is 4. The molecule has 0 aliphatic heterocycles. The Balaban J connectivity index is 2.25. The van der Waals surface area contributed by atoms with Crippen LogP contribution >= 0.6 is 12.2 Å². The second-order valence-corrected chi connectivity index (χ2v) is 7.25. The van der Waals surface area contributed by atoms with Crippen molar-refractivity contribution in [2.45, 2.75) is 43.2 Å². The number of aromatic nitrogens is 2. The zero-order valence-corrected chi connectivity index (χ0v) is 12.4. The number of H-pyrrole nitrogens is 1. The summed E-state index contributed by atoms with van der Waals surface area (Å²) in [7, 11) is -3.67. The molecule has 106 valence electrons. The summed E-state index contributed by atoms with van der Waals surface area (Å²) in [4.78, 5) is 0.211. The summed E-state index contributed by atoms with van der Waals surface area (Å²) in [6.07, 6.45) is 4.48. The fourth-order valence-electron chi connectivity index (χ4n) is 2.36. The molecule has 1 saturated carbocycles. The van der Waals surface area contributed by atoms with Crippen molar-refractivity contribution in [3.05, 3.63) is 12.3 Å². The number of nitrogens with one attached hydrogen (secondary N) is 2. The van der Waals surface area contributed by atoms with Crippen LogP contribution in [0.2, 0.25) is 0 Å². The molecular weight excluding hydrogens is 284 g/mol. The Morgan fingerprint density at radius 3 is 2.68 bits per heavy atom. The summed E-state index contributed by atoms with van der Waals surface area (Å²) >= 11 is 5.09. The Morgan fingerprint density at radius 1 is 1.58 bits per heavy atom. The van der Waals surface area contributed by atoms with Crippen LogP contribution in [0.3, 0.4) is 0 Å². The van der Waals surface area contributed by atoms with E-state index in [2.05, 4.69) is 21.8 Å². The Morgan fingerprint density at radius 2 is 2.21 bits per heavy atom. The first-order valence-electron chi connectivity index (χ1n) is 6.19. The molecule has 6 nitrogen and oxygen atoms in total. The molecule has 1 aromatic rings. The minimum Gasteiger partial charge on any atom is -0.392 e. The average Bonchev–Trinajstić information content (AvgIpc) is 2.86. The van der Waals surface area contributed by atoms with E-state index in [4.69, 9.17) is 18.0 Å². The molecule has 1 heterocycles. The highest BCUT2D eigenvalue weighted by Crippen LogP contribution is 2.33. The minimum absolute atomic E-state index is 0.0294. The van der Waals surface area contributed by atoms with Gasteiger partial charge in [-0.3, -0.25) is 5.10 Å². The first kappa shape index (κ1) is 14.4.